The van der Waals surface area contributed by atoms with Crippen molar-refractivity contribution in [2.75, 3.05) is 13.7 Å². The van der Waals surface area contributed by atoms with Crippen molar-refractivity contribution >= 4 is 0 Å². The standard InChI is InChI=1S/C17H27NO3/c1-12(2)17(3,19)11-21-16-8-7-15(20-4)9-13(16)10-18-14-5-6-14/h7-9,12,14,18-19H,5-6,10-11H2,1-4H3. The molecule has 1 atom stereocenters. The largest absolute Gasteiger partial charge is 0.497 e. The van der Waals surface area contributed by atoms with Gasteiger partial charge in [0.05, 0.1) is 12.7 Å². The number of hydrogen-bond acceptors (Lipinski definition) is 4. The smallest absolute Gasteiger partial charge is 0.124 e. The van der Waals surface area contributed by atoms with Gasteiger partial charge in [-0.25, -0.2) is 0 Å². The first-order chi connectivity index (χ1) is 9.92. The summed E-state index contributed by atoms with van der Waals surface area (Å²) in [5, 5.41) is 13.8. The molecule has 4 heteroatoms. The Morgan fingerprint density at radius 1 is 1.38 bits per heavy atom. The quantitative estimate of drug-likeness (QED) is 0.774. The number of aliphatic hydroxyl groups is 1. The van der Waals surface area contributed by atoms with Crippen LogP contribution in [-0.4, -0.2) is 30.5 Å². The van der Waals surface area contributed by atoms with E-state index in [2.05, 4.69) is 5.32 Å². The Balaban J connectivity index is 2.05. The summed E-state index contributed by atoms with van der Waals surface area (Å²) in [5.41, 5.74) is 0.238. The number of ether oxygens (including phenoxy) is 2. The summed E-state index contributed by atoms with van der Waals surface area (Å²) >= 11 is 0. The van der Waals surface area contributed by atoms with E-state index < -0.39 is 5.60 Å². The number of rotatable bonds is 8. The number of benzene rings is 1. The van der Waals surface area contributed by atoms with E-state index in [-0.39, 0.29) is 12.5 Å². The third kappa shape index (κ3) is 4.61. The summed E-state index contributed by atoms with van der Waals surface area (Å²) in [6, 6.07) is 6.44. The zero-order chi connectivity index (χ0) is 15.5. The average molecular weight is 293 g/mol. The lowest BCUT2D eigenvalue weighted by Gasteiger charge is -2.28. The summed E-state index contributed by atoms with van der Waals surface area (Å²) < 4.78 is 11.2. The fourth-order valence-corrected chi connectivity index (χ4v) is 1.89. The van der Waals surface area contributed by atoms with Crippen LogP contribution in [0.1, 0.15) is 39.2 Å². The molecule has 1 aliphatic rings. The molecule has 0 bridgehead atoms. The Hall–Kier alpha value is -1.26. The average Bonchev–Trinajstić information content (AvgIpc) is 3.27. The molecule has 4 nitrogen and oxygen atoms in total. The van der Waals surface area contributed by atoms with Crippen molar-refractivity contribution < 1.29 is 14.6 Å². The maximum Gasteiger partial charge on any atom is 0.124 e. The Morgan fingerprint density at radius 3 is 2.67 bits per heavy atom. The zero-order valence-corrected chi connectivity index (χ0v) is 13.5. The molecule has 21 heavy (non-hydrogen) atoms. The first-order valence-corrected chi connectivity index (χ1v) is 7.68. The van der Waals surface area contributed by atoms with Crippen LogP contribution in [0.3, 0.4) is 0 Å². The third-order valence-electron chi connectivity index (χ3n) is 4.19. The van der Waals surface area contributed by atoms with Crippen molar-refractivity contribution in [3.8, 4) is 11.5 Å². The number of nitrogens with one attached hydrogen (secondary N) is 1. The van der Waals surface area contributed by atoms with E-state index in [1.807, 2.05) is 39.0 Å². The molecule has 1 saturated carbocycles. The summed E-state index contributed by atoms with van der Waals surface area (Å²) in [4.78, 5) is 0. The fourth-order valence-electron chi connectivity index (χ4n) is 1.89. The molecule has 1 fully saturated rings. The highest BCUT2D eigenvalue weighted by Gasteiger charge is 2.26. The van der Waals surface area contributed by atoms with E-state index in [9.17, 15) is 5.11 Å². The lowest BCUT2D eigenvalue weighted by molar-refractivity contribution is -0.0269. The molecule has 0 amide bonds. The van der Waals surface area contributed by atoms with Gasteiger partial charge in [0.2, 0.25) is 0 Å². The van der Waals surface area contributed by atoms with Crippen molar-refractivity contribution in [2.45, 2.75) is 51.8 Å². The van der Waals surface area contributed by atoms with Gasteiger partial charge in [0, 0.05) is 18.2 Å². The summed E-state index contributed by atoms with van der Waals surface area (Å²) in [6.07, 6.45) is 2.50. The van der Waals surface area contributed by atoms with E-state index in [1.54, 1.807) is 7.11 Å². The molecule has 118 valence electrons. The zero-order valence-electron chi connectivity index (χ0n) is 13.5. The van der Waals surface area contributed by atoms with Crippen LogP contribution in [0.5, 0.6) is 11.5 Å². The van der Waals surface area contributed by atoms with E-state index in [4.69, 9.17) is 9.47 Å². The first-order valence-electron chi connectivity index (χ1n) is 7.68. The van der Waals surface area contributed by atoms with Crippen molar-refractivity contribution in [1.82, 2.24) is 5.32 Å². The highest BCUT2D eigenvalue weighted by Crippen LogP contribution is 2.27. The maximum absolute atomic E-state index is 10.3. The second-order valence-electron chi connectivity index (χ2n) is 6.43. The van der Waals surface area contributed by atoms with E-state index >= 15 is 0 Å². The van der Waals surface area contributed by atoms with Gasteiger partial charge in [-0.2, -0.15) is 0 Å². The van der Waals surface area contributed by atoms with Crippen molar-refractivity contribution in [3.05, 3.63) is 23.8 Å². The van der Waals surface area contributed by atoms with E-state index in [1.165, 1.54) is 12.8 Å². The molecule has 1 aromatic rings. The summed E-state index contributed by atoms with van der Waals surface area (Å²) in [5.74, 6) is 1.78. The Labute approximate surface area is 127 Å². The molecule has 0 heterocycles. The Morgan fingerprint density at radius 2 is 2.10 bits per heavy atom. The normalized spacial score (nSPS) is 17.6. The highest BCUT2D eigenvalue weighted by molar-refractivity contribution is 5.40. The molecule has 0 radical (unpaired) electrons. The minimum atomic E-state index is -0.832. The van der Waals surface area contributed by atoms with Crippen LogP contribution in [0.2, 0.25) is 0 Å². The summed E-state index contributed by atoms with van der Waals surface area (Å²) in [7, 11) is 1.66. The SMILES string of the molecule is COc1ccc(OCC(C)(O)C(C)C)c(CNC2CC2)c1. The van der Waals surface area contributed by atoms with Gasteiger partial charge in [0.1, 0.15) is 18.1 Å². The van der Waals surface area contributed by atoms with Crippen LogP contribution in [-0.2, 0) is 6.54 Å². The Bertz CT molecular complexity index is 467. The predicted octanol–water partition coefficient (Wildman–Crippen LogP) is 2.73. The van der Waals surface area contributed by atoms with Gasteiger partial charge in [-0.15, -0.1) is 0 Å². The lowest BCUT2D eigenvalue weighted by Crippen LogP contribution is -2.38. The minimum absolute atomic E-state index is 0.142. The molecule has 2 N–H and O–H groups in total. The topological polar surface area (TPSA) is 50.7 Å². The van der Waals surface area contributed by atoms with Crippen LogP contribution in [0, 0.1) is 5.92 Å². The minimum Gasteiger partial charge on any atom is -0.497 e. The number of hydrogen-bond donors (Lipinski definition) is 2. The second kappa shape index (κ2) is 6.67. The van der Waals surface area contributed by atoms with Crippen molar-refractivity contribution in [3.63, 3.8) is 0 Å². The molecule has 0 aliphatic heterocycles. The van der Waals surface area contributed by atoms with Crippen molar-refractivity contribution in [1.29, 1.82) is 0 Å². The molecular formula is C17H27NO3. The van der Waals surface area contributed by atoms with Crippen LogP contribution in [0.4, 0.5) is 0 Å². The summed E-state index contributed by atoms with van der Waals surface area (Å²) in [6.45, 7) is 6.84. The molecule has 2 rings (SSSR count). The first kappa shape index (κ1) is 16.1. The Kier molecular flexibility index (Phi) is 5.12. The fraction of sp³-hybridized carbons (Fsp3) is 0.647. The van der Waals surface area contributed by atoms with Crippen molar-refractivity contribution in [2.24, 2.45) is 5.92 Å². The van der Waals surface area contributed by atoms with Crippen LogP contribution < -0.4 is 14.8 Å². The monoisotopic (exact) mass is 293 g/mol. The van der Waals surface area contributed by atoms with Gasteiger partial charge in [-0.1, -0.05) is 13.8 Å². The van der Waals surface area contributed by atoms with Gasteiger partial charge in [0.25, 0.3) is 0 Å². The van der Waals surface area contributed by atoms with Gasteiger partial charge in [-0.3, -0.25) is 0 Å². The second-order valence-corrected chi connectivity index (χ2v) is 6.43. The maximum atomic E-state index is 10.3. The number of methoxy groups -OCH3 is 1. The van der Waals surface area contributed by atoms with Crippen LogP contribution in [0.25, 0.3) is 0 Å². The molecule has 0 saturated heterocycles. The van der Waals surface area contributed by atoms with Crippen LogP contribution >= 0.6 is 0 Å². The molecule has 1 aromatic carbocycles. The molecule has 0 aromatic heterocycles. The highest BCUT2D eigenvalue weighted by atomic mass is 16.5. The van der Waals surface area contributed by atoms with Gasteiger partial charge >= 0.3 is 0 Å². The van der Waals surface area contributed by atoms with E-state index in [0.717, 1.165) is 23.6 Å². The van der Waals surface area contributed by atoms with Gasteiger partial charge in [-0.05, 0) is 43.9 Å². The van der Waals surface area contributed by atoms with Crippen LogP contribution in [0.15, 0.2) is 18.2 Å². The van der Waals surface area contributed by atoms with E-state index in [0.29, 0.717) is 6.04 Å². The predicted molar refractivity (Wildman–Crippen MR) is 83.8 cm³/mol. The third-order valence-corrected chi connectivity index (χ3v) is 4.19. The molecule has 1 aliphatic carbocycles. The molecule has 1 unspecified atom stereocenters. The van der Waals surface area contributed by atoms with Gasteiger partial charge < -0.3 is 19.9 Å². The molecule has 0 spiro atoms. The van der Waals surface area contributed by atoms with Gasteiger partial charge in [0.15, 0.2) is 0 Å². The molecular weight excluding hydrogens is 266 g/mol. The lowest BCUT2D eigenvalue weighted by atomic mass is 9.94.